The molecule has 1 aliphatic rings. The maximum absolute atomic E-state index is 11.7. The number of aldehydes is 1. The van der Waals surface area contributed by atoms with E-state index in [4.69, 9.17) is 9.47 Å². The van der Waals surface area contributed by atoms with E-state index in [1.807, 2.05) is 42.5 Å². The summed E-state index contributed by atoms with van der Waals surface area (Å²) in [7, 11) is 1.63. The summed E-state index contributed by atoms with van der Waals surface area (Å²) < 4.78 is 13.3. The molecule has 0 spiro atoms. The average Bonchev–Trinajstić information content (AvgIpc) is 2.76. The third-order valence-corrected chi connectivity index (χ3v) is 4.14. The van der Waals surface area contributed by atoms with Crippen LogP contribution in [0.4, 0.5) is 0 Å². The molecule has 0 saturated carbocycles. The fourth-order valence-corrected chi connectivity index (χ4v) is 3.17. The molecule has 4 heteroatoms. The summed E-state index contributed by atoms with van der Waals surface area (Å²) in [4.78, 5) is 11.7. The number of methoxy groups -OCH3 is 1. The summed E-state index contributed by atoms with van der Waals surface area (Å²) in [5.74, 6) is 1.53. The highest BCUT2D eigenvalue weighted by Crippen LogP contribution is 2.41. The molecule has 0 amide bonds. The van der Waals surface area contributed by atoms with Crippen molar-refractivity contribution >= 4 is 17.2 Å². The number of carbonyl (C=O) groups excluding carboxylic acids is 1. The highest BCUT2D eigenvalue weighted by molar-refractivity contribution is 6.05. The number of para-hydroxylation sites is 1. The zero-order valence-electron chi connectivity index (χ0n) is 12.2. The Balaban J connectivity index is 2.13. The van der Waals surface area contributed by atoms with Gasteiger partial charge in [0, 0.05) is 22.0 Å². The first-order valence-corrected chi connectivity index (χ1v) is 7.21. The number of hydrogen-bond donors (Lipinski definition) is 0. The van der Waals surface area contributed by atoms with Crippen LogP contribution in [-0.4, -0.2) is 24.6 Å². The number of carbonyl (C=O) groups is 1. The van der Waals surface area contributed by atoms with Crippen molar-refractivity contribution in [3.63, 3.8) is 0 Å². The second-order valence-electron chi connectivity index (χ2n) is 5.26. The van der Waals surface area contributed by atoms with E-state index < -0.39 is 0 Å². The van der Waals surface area contributed by atoms with Crippen LogP contribution in [-0.2, 0) is 6.54 Å². The van der Waals surface area contributed by atoms with Gasteiger partial charge in [0.2, 0.25) is 0 Å². The van der Waals surface area contributed by atoms with Crippen LogP contribution in [0.1, 0.15) is 10.4 Å². The SMILES string of the molecule is COc1ccc2c(c1)-c1c(C=O)c3ccccc3n1CCO2. The Hall–Kier alpha value is -2.75. The van der Waals surface area contributed by atoms with Gasteiger partial charge in [-0.2, -0.15) is 0 Å². The minimum Gasteiger partial charge on any atom is -0.497 e. The summed E-state index contributed by atoms with van der Waals surface area (Å²) in [6, 6.07) is 13.7. The molecule has 0 bridgehead atoms. The summed E-state index contributed by atoms with van der Waals surface area (Å²) in [5, 5.41) is 0.975. The number of ether oxygens (including phenoxy) is 2. The van der Waals surface area contributed by atoms with Crippen molar-refractivity contribution in [3.8, 4) is 22.8 Å². The van der Waals surface area contributed by atoms with Crippen LogP contribution in [0.2, 0.25) is 0 Å². The third kappa shape index (κ3) is 1.73. The number of nitrogens with zero attached hydrogens (tertiary/aromatic N) is 1. The molecule has 2 aromatic carbocycles. The van der Waals surface area contributed by atoms with E-state index in [1.165, 1.54) is 0 Å². The first-order chi connectivity index (χ1) is 10.8. The van der Waals surface area contributed by atoms with Crippen molar-refractivity contribution < 1.29 is 14.3 Å². The Morgan fingerprint density at radius 2 is 2.09 bits per heavy atom. The molecule has 2 heterocycles. The summed E-state index contributed by atoms with van der Waals surface area (Å²) in [6.07, 6.45) is 0.933. The van der Waals surface area contributed by atoms with Gasteiger partial charge in [0.25, 0.3) is 0 Å². The van der Waals surface area contributed by atoms with Crippen LogP contribution in [0, 0.1) is 0 Å². The van der Waals surface area contributed by atoms with Gasteiger partial charge < -0.3 is 14.0 Å². The van der Waals surface area contributed by atoms with Crippen molar-refractivity contribution in [2.75, 3.05) is 13.7 Å². The van der Waals surface area contributed by atoms with E-state index in [-0.39, 0.29) is 0 Å². The standard InChI is InChI=1S/C18H15NO3/c1-21-12-6-7-17-14(10-12)18-15(11-20)13-4-2-3-5-16(13)19(18)8-9-22-17/h2-7,10-11H,8-9H2,1H3. The molecule has 110 valence electrons. The van der Waals surface area contributed by atoms with Crippen molar-refractivity contribution in [1.82, 2.24) is 4.57 Å². The lowest BCUT2D eigenvalue weighted by molar-refractivity contribution is 0.112. The molecule has 0 fully saturated rings. The van der Waals surface area contributed by atoms with E-state index in [1.54, 1.807) is 7.11 Å². The fraction of sp³-hybridized carbons (Fsp3) is 0.167. The number of aromatic nitrogens is 1. The van der Waals surface area contributed by atoms with Gasteiger partial charge >= 0.3 is 0 Å². The van der Waals surface area contributed by atoms with Crippen LogP contribution in [0.3, 0.4) is 0 Å². The number of benzene rings is 2. The Bertz CT molecular complexity index is 879. The molecular weight excluding hydrogens is 278 g/mol. The predicted octanol–water partition coefficient (Wildman–Crippen LogP) is 3.52. The van der Waals surface area contributed by atoms with Crippen LogP contribution in [0.15, 0.2) is 42.5 Å². The molecule has 0 radical (unpaired) electrons. The monoisotopic (exact) mass is 293 g/mol. The van der Waals surface area contributed by atoms with Crippen molar-refractivity contribution in [2.45, 2.75) is 6.54 Å². The highest BCUT2D eigenvalue weighted by Gasteiger charge is 2.23. The molecule has 1 aliphatic heterocycles. The maximum atomic E-state index is 11.7. The topological polar surface area (TPSA) is 40.5 Å². The molecule has 0 aliphatic carbocycles. The molecule has 3 aromatic rings. The molecular formula is C18H15NO3. The summed E-state index contributed by atoms with van der Waals surface area (Å²) in [5.41, 5.74) is 3.56. The van der Waals surface area contributed by atoms with Gasteiger partial charge in [0.15, 0.2) is 6.29 Å². The van der Waals surface area contributed by atoms with E-state index in [2.05, 4.69) is 4.57 Å². The van der Waals surface area contributed by atoms with Gasteiger partial charge in [0.1, 0.15) is 18.1 Å². The predicted molar refractivity (Wildman–Crippen MR) is 84.8 cm³/mol. The van der Waals surface area contributed by atoms with Crippen molar-refractivity contribution in [3.05, 3.63) is 48.0 Å². The normalized spacial score (nSPS) is 13.0. The molecule has 0 unspecified atom stereocenters. The minimum atomic E-state index is 0.573. The molecule has 4 rings (SSSR count). The first-order valence-electron chi connectivity index (χ1n) is 7.21. The highest BCUT2D eigenvalue weighted by atomic mass is 16.5. The molecule has 1 aromatic heterocycles. The van der Waals surface area contributed by atoms with E-state index in [0.29, 0.717) is 18.7 Å². The van der Waals surface area contributed by atoms with Gasteiger partial charge in [-0.1, -0.05) is 18.2 Å². The van der Waals surface area contributed by atoms with Crippen LogP contribution >= 0.6 is 0 Å². The summed E-state index contributed by atoms with van der Waals surface area (Å²) in [6.45, 7) is 1.28. The van der Waals surface area contributed by atoms with Gasteiger partial charge in [-0.25, -0.2) is 0 Å². The number of hydrogen-bond acceptors (Lipinski definition) is 3. The zero-order chi connectivity index (χ0) is 15.1. The van der Waals surface area contributed by atoms with E-state index in [9.17, 15) is 4.79 Å². The van der Waals surface area contributed by atoms with E-state index >= 15 is 0 Å². The Labute approximate surface area is 127 Å². The Morgan fingerprint density at radius 3 is 2.91 bits per heavy atom. The quantitative estimate of drug-likeness (QED) is 0.679. The van der Waals surface area contributed by atoms with Crippen molar-refractivity contribution in [1.29, 1.82) is 0 Å². The van der Waals surface area contributed by atoms with Gasteiger partial charge in [-0.3, -0.25) is 4.79 Å². The average molecular weight is 293 g/mol. The second-order valence-corrected chi connectivity index (χ2v) is 5.26. The molecule has 0 saturated heterocycles. The van der Waals surface area contributed by atoms with Gasteiger partial charge in [0.05, 0.1) is 19.3 Å². The Kier molecular flexibility index (Phi) is 2.89. The first kappa shape index (κ1) is 13.0. The molecule has 4 nitrogen and oxygen atoms in total. The molecule has 0 atom stereocenters. The second kappa shape index (κ2) is 4.91. The van der Waals surface area contributed by atoms with Crippen LogP contribution < -0.4 is 9.47 Å². The lowest BCUT2D eigenvalue weighted by atomic mass is 10.0. The molecule has 22 heavy (non-hydrogen) atoms. The largest absolute Gasteiger partial charge is 0.497 e. The third-order valence-electron chi connectivity index (χ3n) is 4.14. The van der Waals surface area contributed by atoms with E-state index in [0.717, 1.165) is 39.9 Å². The number of fused-ring (bicyclic) bond motifs is 5. The van der Waals surface area contributed by atoms with Gasteiger partial charge in [-0.05, 0) is 24.3 Å². The Morgan fingerprint density at radius 1 is 1.23 bits per heavy atom. The van der Waals surface area contributed by atoms with Crippen LogP contribution in [0.5, 0.6) is 11.5 Å². The van der Waals surface area contributed by atoms with Crippen molar-refractivity contribution in [2.24, 2.45) is 0 Å². The smallest absolute Gasteiger partial charge is 0.152 e. The molecule has 0 N–H and O–H groups in total. The zero-order valence-corrected chi connectivity index (χ0v) is 12.2. The van der Waals surface area contributed by atoms with Gasteiger partial charge in [-0.15, -0.1) is 0 Å². The lowest BCUT2D eigenvalue weighted by Gasteiger charge is -2.10. The maximum Gasteiger partial charge on any atom is 0.152 e. The summed E-state index contributed by atoms with van der Waals surface area (Å²) >= 11 is 0. The minimum absolute atomic E-state index is 0.573. The lowest BCUT2D eigenvalue weighted by Crippen LogP contribution is -2.05. The fourth-order valence-electron chi connectivity index (χ4n) is 3.17. The number of rotatable bonds is 2. The van der Waals surface area contributed by atoms with Crippen LogP contribution in [0.25, 0.3) is 22.2 Å².